The highest BCUT2D eigenvalue weighted by Gasteiger charge is 2.34. The number of imidazole rings is 1. The highest BCUT2D eigenvalue weighted by molar-refractivity contribution is 5.82. The van der Waals surface area contributed by atoms with Gasteiger partial charge in [-0.2, -0.15) is 5.10 Å². The van der Waals surface area contributed by atoms with Gasteiger partial charge in [-0.05, 0) is 55.3 Å². The lowest BCUT2D eigenvalue weighted by atomic mass is 9.96. The summed E-state index contributed by atoms with van der Waals surface area (Å²) in [5, 5.41) is 8.56. The minimum Gasteiger partial charge on any atom is -0.497 e. The molecule has 0 fully saturated rings. The Morgan fingerprint density at radius 3 is 2.44 bits per heavy atom. The van der Waals surface area contributed by atoms with E-state index in [0.29, 0.717) is 0 Å². The summed E-state index contributed by atoms with van der Waals surface area (Å²) in [6.07, 6.45) is 0. The number of nitrogens with one attached hydrogen (secondary N) is 1. The third-order valence-corrected chi connectivity index (χ3v) is 6.24. The maximum absolute atomic E-state index is 5.40. The van der Waals surface area contributed by atoms with Crippen molar-refractivity contribution in [2.45, 2.75) is 19.9 Å². The van der Waals surface area contributed by atoms with Crippen LogP contribution in [0, 0.1) is 13.8 Å². The van der Waals surface area contributed by atoms with E-state index >= 15 is 0 Å². The quantitative estimate of drug-likeness (QED) is 0.407. The maximum Gasteiger partial charge on any atom is 0.210 e. The fraction of sp³-hybridized carbons (Fsp3) is 0.154. The lowest BCUT2D eigenvalue weighted by Gasteiger charge is -2.28. The predicted molar refractivity (Wildman–Crippen MR) is 126 cm³/mol. The molecule has 0 aliphatic carbocycles. The number of methoxy groups -OCH3 is 1. The van der Waals surface area contributed by atoms with Gasteiger partial charge in [0.25, 0.3) is 0 Å². The van der Waals surface area contributed by atoms with Crippen molar-refractivity contribution in [3.05, 3.63) is 95.2 Å². The van der Waals surface area contributed by atoms with E-state index in [0.717, 1.165) is 51.1 Å². The van der Waals surface area contributed by atoms with Crippen LogP contribution in [0.1, 0.15) is 28.4 Å². The Labute approximate surface area is 186 Å². The first-order valence-electron chi connectivity index (χ1n) is 10.7. The van der Waals surface area contributed by atoms with Crippen molar-refractivity contribution in [3.63, 3.8) is 0 Å². The van der Waals surface area contributed by atoms with Gasteiger partial charge in [0.1, 0.15) is 11.6 Å². The van der Waals surface area contributed by atoms with E-state index in [9.17, 15) is 0 Å². The van der Waals surface area contributed by atoms with Crippen molar-refractivity contribution in [2.24, 2.45) is 0 Å². The van der Waals surface area contributed by atoms with Crippen LogP contribution in [0.15, 0.2) is 72.8 Å². The van der Waals surface area contributed by atoms with Crippen LogP contribution in [0.4, 0.5) is 11.8 Å². The summed E-state index contributed by atoms with van der Waals surface area (Å²) >= 11 is 0. The molecule has 2 aromatic heterocycles. The van der Waals surface area contributed by atoms with Gasteiger partial charge in [0, 0.05) is 5.56 Å². The van der Waals surface area contributed by atoms with Crippen LogP contribution in [-0.4, -0.2) is 26.4 Å². The Hall–Kier alpha value is -4.06. The molecule has 0 saturated heterocycles. The summed E-state index contributed by atoms with van der Waals surface area (Å²) < 4.78 is 9.69. The van der Waals surface area contributed by atoms with Gasteiger partial charge in [-0.1, -0.05) is 42.5 Å². The summed E-state index contributed by atoms with van der Waals surface area (Å²) in [6, 6.07) is 24.8. The number of hydrogen-bond acceptors (Lipinski definition) is 4. The normalized spacial score (nSPS) is 14.7. The number of anilines is 2. The van der Waals surface area contributed by atoms with E-state index in [1.165, 1.54) is 5.56 Å². The van der Waals surface area contributed by atoms with Crippen molar-refractivity contribution < 1.29 is 4.74 Å². The summed E-state index contributed by atoms with van der Waals surface area (Å²) in [5.41, 5.74) is 7.57. The monoisotopic (exact) mass is 421 g/mol. The average molecular weight is 422 g/mol. The minimum atomic E-state index is -0.0580. The van der Waals surface area contributed by atoms with Crippen molar-refractivity contribution >= 4 is 22.8 Å². The Morgan fingerprint density at radius 1 is 0.906 bits per heavy atom. The van der Waals surface area contributed by atoms with Crippen LogP contribution in [0.2, 0.25) is 0 Å². The molecule has 1 aliphatic rings. The van der Waals surface area contributed by atoms with Crippen LogP contribution in [0.3, 0.4) is 0 Å². The molecule has 0 spiro atoms. The smallest absolute Gasteiger partial charge is 0.210 e. The fourth-order valence-corrected chi connectivity index (χ4v) is 4.69. The van der Waals surface area contributed by atoms with E-state index in [4.69, 9.17) is 14.8 Å². The Bertz CT molecular complexity index is 1460. The summed E-state index contributed by atoms with van der Waals surface area (Å²) in [5.74, 6) is 2.61. The largest absolute Gasteiger partial charge is 0.497 e. The molecule has 158 valence electrons. The number of nitrogens with zero attached hydrogens (tertiary/aromatic N) is 4. The first-order chi connectivity index (χ1) is 15.7. The molecule has 3 aromatic carbocycles. The number of aromatic nitrogens is 4. The number of hydrogen-bond donors (Lipinski definition) is 1. The zero-order chi connectivity index (χ0) is 21.8. The first-order valence-corrected chi connectivity index (χ1v) is 10.7. The van der Waals surface area contributed by atoms with Crippen molar-refractivity contribution in [1.82, 2.24) is 19.3 Å². The Morgan fingerprint density at radius 2 is 1.66 bits per heavy atom. The first kappa shape index (κ1) is 18.7. The van der Waals surface area contributed by atoms with E-state index in [2.05, 4.69) is 72.3 Å². The topological polar surface area (TPSA) is 56.9 Å². The van der Waals surface area contributed by atoms with Crippen LogP contribution in [0.25, 0.3) is 16.7 Å². The predicted octanol–water partition coefficient (Wildman–Crippen LogP) is 5.54. The average Bonchev–Trinajstić information content (AvgIpc) is 3.35. The second kappa shape index (κ2) is 6.99. The van der Waals surface area contributed by atoms with Crippen molar-refractivity contribution in [3.8, 4) is 11.4 Å². The third kappa shape index (κ3) is 2.66. The molecule has 0 unspecified atom stereocenters. The maximum atomic E-state index is 5.40. The Kier molecular flexibility index (Phi) is 4.08. The van der Waals surface area contributed by atoms with E-state index < -0.39 is 0 Å². The fourth-order valence-electron chi connectivity index (χ4n) is 4.69. The van der Waals surface area contributed by atoms with Crippen LogP contribution in [0.5, 0.6) is 5.75 Å². The second-order valence-corrected chi connectivity index (χ2v) is 8.14. The van der Waals surface area contributed by atoms with Gasteiger partial charge in [0.15, 0.2) is 0 Å². The minimum absolute atomic E-state index is 0.0580. The van der Waals surface area contributed by atoms with E-state index in [1.807, 2.05) is 28.9 Å². The molecule has 0 bridgehead atoms. The molecule has 6 rings (SSSR count). The molecule has 0 amide bonds. The van der Waals surface area contributed by atoms with Gasteiger partial charge in [-0.25, -0.2) is 9.67 Å². The molecule has 1 aliphatic heterocycles. The SMILES string of the molecule is COc1ccc([C@@H]2c3c(C)nn(-c4ccccc4C)c3Nc3nc4ccccc4n32)cc1. The Balaban J connectivity index is 1.64. The number of para-hydroxylation sites is 3. The van der Waals surface area contributed by atoms with Gasteiger partial charge in [0.05, 0.1) is 35.6 Å². The zero-order valence-electron chi connectivity index (χ0n) is 18.2. The molecular formula is C26H23N5O. The van der Waals surface area contributed by atoms with E-state index in [1.54, 1.807) is 7.11 Å². The highest BCUT2D eigenvalue weighted by atomic mass is 16.5. The molecule has 3 heterocycles. The second-order valence-electron chi connectivity index (χ2n) is 8.14. The van der Waals surface area contributed by atoms with Gasteiger partial charge >= 0.3 is 0 Å². The lowest BCUT2D eigenvalue weighted by molar-refractivity contribution is 0.414. The number of ether oxygens (including phenoxy) is 1. The lowest BCUT2D eigenvalue weighted by Crippen LogP contribution is -2.22. The molecule has 6 nitrogen and oxygen atoms in total. The third-order valence-electron chi connectivity index (χ3n) is 6.24. The summed E-state index contributed by atoms with van der Waals surface area (Å²) in [4.78, 5) is 4.91. The molecule has 6 heteroatoms. The van der Waals surface area contributed by atoms with Crippen LogP contribution in [-0.2, 0) is 0 Å². The van der Waals surface area contributed by atoms with Crippen LogP contribution < -0.4 is 10.1 Å². The zero-order valence-corrected chi connectivity index (χ0v) is 18.2. The van der Waals surface area contributed by atoms with Gasteiger partial charge < -0.3 is 10.1 Å². The standard InChI is InChI=1S/C26H23N5O/c1-16-8-4-6-10-21(16)31-25-23(17(2)29-31)24(18-12-14-19(32-3)15-13-18)30-22-11-7-5-9-20(22)27-26(30)28-25/h4-15,24H,1-3H3,(H,27,28)/t24-/m1/s1. The molecule has 0 saturated carbocycles. The van der Waals surface area contributed by atoms with Gasteiger partial charge in [-0.15, -0.1) is 0 Å². The summed E-state index contributed by atoms with van der Waals surface area (Å²) in [6.45, 7) is 4.19. The number of aryl methyl sites for hydroxylation is 2. The molecule has 5 aromatic rings. The van der Waals surface area contributed by atoms with Gasteiger partial charge in [-0.3, -0.25) is 4.57 Å². The van der Waals surface area contributed by atoms with Crippen molar-refractivity contribution in [1.29, 1.82) is 0 Å². The molecule has 1 N–H and O–H groups in total. The molecule has 32 heavy (non-hydrogen) atoms. The van der Waals surface area contributed by atoms with Crippen LogP contribution >= 0.6 is 0 Å². The molecule has 0 radical (unpaired) electrons. The molecular weight excluding hydrogens is 398 g/mol. The van der Waals surface area contributed by atoms with E-state index in [-0.39, 0.29) is 6.04 Å². The number of benzene rings is 3. The summed E-state index contributed by atoms with van der Waals surface area (Å²) in [7, 11) is 1.69. The van der Waals surface area contributed by atoms with Gasteiger partial charge in [0.2, 0.25) is 5.95 Å². The van der Waals surface area contributed by atoms with Crippen molar-refractivity contribution in [2.75, 3.05) is 12.4 Å². The number of rotatable bonds is 3. The highest BCUT2D eigenvalue weighted by Crippen LogP contribution is 2.44. The molecule has 1 atom stereocenters. The number of fused-ring (bicyclic) bond motifs is 4.